The highest BCUT2D eigenvalue weighted by Crippen LogP contribution is 2.48. The van der Waals surface area contributed by atoms with Crippen molar-refractivity contribution in [3.05, 3.63) is 194 Å². The summed E-state index contributed by atoms with van der Waals surface area (Å²) in [7, 11) is 0. The monoisotopic (exact) mass is 704 g/mol. The molecule has 0 saturated heterocycles. The van der Waals surface area contributed by atoms with Crippen molar-refractivity contribution in [1.82, 2.24) is 4.98 Å². The topological polar surface area (TPSA) is 42.4 Å². The highest BCUT2D eigenvalue weighted by molar-refractivity contribution is 6.18. The van der Waals surface area contributed by atoms with Gasteiger partial charge in [0.2, 0.25) is 5.89 Å². The molecule has 0 aliphatic heterocycles. The van der Waals surface area contributed by atoms with E-state index in [1.54, 1.807) is 0 Å². The summed E-state index contributed by atoms with van der Waals surface area (Å²) in [6.07, 6.45) is 0. The molecule has 4 heteroatoms. The molecule has 0 bridgehead atoms. The van der Waals surface area contributed by atoms with Crippen LogP contribution in [0.1, 0.15) is 0 Å². The number of para-hydroxylation sites is 1. The Morgan fingerprint density at radius 3 is 1.84 bits per heavy atom. The van der Waals surface area contributed by atoms with Crippen LogP contribution in [0, 0.1) is 0 Å². The Bertz CT molecular complexity index is 3200. The van der Waals surface area contributed by atoms with E-state index in [0.29, 0.717) is 11.5 Å². The normalized spacial score (nSPS) is 11.6. The van der Waals surface area contributed by atoms with E-state index in [1.165, 1.54) is 27.1 Å². The third-order valence-electron chi connectivity index (χ3n) is 10.7. The van der Waals surface area contributed by atoms with Crippen LogP contribution in [0.3, 0.4) is 0 Å². The van der Waals surface area contributed by atoms with E-state index in [0.717, 1.165) is 66.8 Å². The molecule has 0 fully saturated rings. The molecule has 0 aliphatic rings. The van der Waals surface area contributed by atoms with Crippen LogP contribution in [0.5, 0.6) is 0 Å². The largest absolute Gasteiger partial charge is 0.454 e. The zero-order chi connectivity index (χ0) is 36.3. The van der Waals surface area contributed by atoms with Gasteiger partial charge in [-0.15, -0.1) is 0 Å². The minimum absolute atomic E-state index is 0.560. The van der Waals surface area contributed by atoms with E-state index < -0.39 is 0 Å². The lowest BCUT2D eigenvalue weighted by molar-refractivity contribution is 0.618. The van der Waals surface area contributed by atoms with Gasteiger partial charge < -0.3 is 13.7 Å². The molecule has 11 rings (SSSR count). The van der Waals surface area contributed by atoms with E-state index in [2.05, 4.69) is 150 Å². The molecule has 0 radical (unpaired) electrons. The van der Waals surface area contributed by atoms with Crippen molar-refractivity contribution in [2.45, 2.75) is 0 Å². The van der Waals surface area contributed by atoms with Gasteiger partial charge in [-0.1, -0.05) is 140 Å². The number of aromatic nitrogens is 1. The molecule has 0 atom stereocenters. The minimum atomic E-state index is 0.560. The second-order valence-electron chi connectivity index (χ2n) is 13.9. The molecular weight excluding hydrogens is 673 g/mol. The summed E-state index contributed by atoms with van der Waals surface area (Å²) in [6, 6.07) is 68.0. The van der Waals surface area contributed by atoms with Crippen LogP contribution in [0.2, 0.25) is 0 Å². The van der Waals surface area contributed by atoms with Crippen LogP contribution in [0.15, 0.2) is 203 Å². The van der Waals surface area contributed by atoms with Crippen LogP contribution < -0.4 is 4.90 Å². The maximum Gasteiger partial charge on any atom is 0.227 e. The van der Waals surface area contributed by atoms with E-state index in [-0.39, 0.29) is 0 Å². The SMILES string of the molecule is c1ccc(-c2cccc(N(c3ccc(-c4cc5ccccc5c5ccccc45)cc3)c3c4oc(-c5ccccc5)nc4cc4c3oc3ccccc34)c2)cc1. The van der Waals surface area contributed by atoms with Gasteiger partial charge in [0.05, 0.1) is 0 Å². The molecule has 0 unspecified atom stereocenters. The van der Waals surface area contributed by atoms with Gasteiger partial charge in [0, 0.05) is 27.7 Å². The average molecular weight is 705 g/mol. The van der Waals surface area contributed by atoms with Gasteiger partial charge in [0.15, 0.2) is 11.2 Å². The Balaban J connectivity index is 1.17. The Morgan fingerprint density at radius 2 is 1.04 bits per heavy atom. The van der Waals surface area contributed by atoms with Crippen molar-refractivity contribution >= 4 is 71.6 Å². The number of oxazole rings is 1. The van der Waals surface area contributed by atoms with Crippen LogP contribution in [-0.2, 0) is 0 Å². The van der Waals surface area contributed by atoms with Crippen molar-refractivity contribution in [1.29, 1.82) is 0 Å². The summed E-state index contributed by atoms with van der Waals surface area (Å²) >= 11 is 0. The smallest absolute Gasteiger partial charge is 0.227 e. The van der Waals surface area contributed by atoms with Crippen molar-refractivity contribution in [3.8, 4) is 33.7 Å². The zero-order valence-electron chi connectivity index (χ0n) is 29.7. The number of hydrogen-bond donors (Lipinski definition) is 0. The Hall–Kier alpha value is -7.43. The number of rotatable bonds is 6. The highest BCUT2D eigenvalue weighted by Gasteiger charge is 2.27. The second-order valence-corrected chi connectivity index (χ2v) is 13.9. The van der Waals surface area contributed by atoms with Crippen LogP contribution in [0.4, 0.5) is 17.1 Å². The number of benzene rings is 9. The van der Waals surface area contributed by atoms with E-state index in [4.69, 9.17) is 13.8 Å². The third-order valence-corrected chi connectivity index (χ3v) is 10.7. The van der Waals surface area contributed by atoms with Gasteiger partial charge in [0.25, 0.3) is 0 Å². The lowest BCUT2D eigenvalue weighted by Crippen LogP contribution is -2.11. The summed E-state index contributed by atoms with van der Waals surface area (Å²) in [4.78, 5) is 7.35. The summed E-state index contributed by atoms with van der Waals surface area (Å²) in [5.41, 5.74) is 11.2. The van der Waals surface area contributed by atoms with Crippen molar-refractivity contribution in [2.75, 3.05) is 4.90 Å². The van der Waals surface area contributed by atoms with Crippen molar-refractivity contribution < 1.29 is 8.83 Å². The molecule has 0 saturated carbocycles. The molecular formula is C51H32N2O2. The number of hydrogen-bond acceptors (Lipinski definition) is 4. The number of anilines is 3. The third kappa shape index (κ3) is 5.19. The van der Waals surface area contributed by atoms with Gasteiger partial charge in [-0.25, -0.2) is 4.98 Å². The molecule has 0 amide bonds. The van der Waals surface area contributed by atoms with Gasteiger partial charge in [-0.2, -0.15) is 0 Å². The van der Waals surface area contributed by atoms with Gasteiger partial charge in [0.1, 0.15) is 16.8 Å². The van der Waals surface area contributed by atoms with Crippen LogP contribution >= 0.6 is 0 Å². The molecule has 2 aromatic heterocycles. The predicted molar refractivity (Wildman–Crippen MR) is 227 cm³/mol. The van der Waals surface area contributed by atoms with Gasteiger partial charge in [-0.05, 0) is 98.4 Å². The number of furan rings is 1. The van der Waals surface area contributed by atoms with Crippen molar-refractivity contribution in [2.24, 2.45) is 0 Å². The minimum Gasteiger partial charge on any atom is -0.454 e. The predicted octanol–water partition coefficient (Wildman–Crippen LogP) is 14.5. The summed E-state index contributed by atoms with van der Waals surface area (Å²) in [5, 5.41) is 6.96. The second kappa shape index (κ2) is 12.6. The first-order chi connectivity index (χ1) is 27.3. The molecule has 4 nitrogen and oxygen atoms in total. The van der Waals surface area contributed by atoms with Crippen LogP contribution in [-0.4, -0.2) is 4.98 Å². The first kappa shape index (κ1) is 31.1. The Labute approximate surface area is 317 Å². The maximum atomic E-state index is 6.80. The maximum absolute atomic E-state index is 6.80. The zero-order valence-corrected chi connectivity index (χ0v) is 29.7. The Morgan fingerprint density at radius 1 is 0.382 bits per heavy atom. The van der Waals surface area contributed by atoms with Crippen LogP contribution in [0.25, 0.3) is 88.3 Å². The Kier molecular flexibility index (Phi) is 7.14. The molecule has 0 N–H and O–H groups in total. The number of fused-ring (bicyclic) bond motifs is 7. The lowest BCUT2D eigenvalue weighted by Gasteiger charge is -2.26. The first-order valence-electron chi connectivity index (χ1n) is 18.5. The molecule has 0 aliphatic carbocycles. The fraction of sp³-hybridized carbons (Fsp3) is 0. The molecule has 0 spiro atoms. The molecule has 258 valence electrons. The number of nitrogens with zero attached hydrogens (tertiary/aromatic N) is 2. The van der Waals surface area contributed by atoms with E-state index >= 15 is 0 Å². The molecule has 55 heavy (non-hydrogen) atoms. The lowest BCUT2D eigenvalue weighted by atomic mass is 9.93. The molecule has 9 aromatic carbocycles. The summed E-state index contributed by atoms with van der Waals surface area (Å²) < 4.78 is 13.6. The quantitative estimate of drug-likeness (QED) is 0.162. The highest BCUT2D eigenvalue weighted by atomic mass is 16.4. The average Bonchev–Trinajstić information content (AvgIpc) is 3.86. The van der Waals surface area contributed by atoms with E-state index in [9.17, 15) is 0 Å². The summed E-state index contributed by atoms with van der Waals surface area (Å²) in [5.74, 6) is 0.560. The van der Waals surface area contributed by atoms with E-state index in [1.807, 2.05) is 48.5 Å². The first-order valence-corrected chi connectivity index (χ1v) is 18.5. The van der Waals surface area contributed by atoms with Crippen molar-refractivity contribution in [3.63, 3.8) is 0 Å². The standard InChI is InChI=1S/C51H32N2O2/c1-3-14-33(15-4-1)36-19-13-20-39(30-36)53(38-28-26-34(27-29-38)44-31-37-18-7-8-21-40(37)41-22-9-10-23-42(41)44)48-49-45(43-24-11-12-25-47(43)54-49)32-46-50(48)55-51(52-46)35-16-5-2-6-17-35/h1-32H. The summed E-state index contributed by atoms with van der Waals surface area (Å²) in [6.45, 7) is 0. The van der Waals surface area contributed by atoms with Gasteiger partial charge >= 0.3 is 0 Å². The molecule has 2 heterocycles. The fourth-order valence-electron chi connectivity index (χ4n) is 8.08. The molecule has 11 aromatic rings. The van der Waals surface area contributed by atoms with Gasteiger partial charge in [-0.3, -0.25) is 0 Å². The fourth-order valence-corrected chi connectivity index (χ4v) is 8.08.